The SMILES string of the molecule is Cl.NC1CCN(C(=O)c2cc(-c3ccccc3)no2)CC1. The normalized spacial score (nSPS) is 15.6. The number of nitrogens with zero attached hydrogens (tertiary/aromatic N) is 2. The average molecular weight is 308 g/mol. The van der Waals surface area contributed by atoms with Gasteiger partial charge < -0.3 is 15.2 Å². The van der Waals surface area contributed by atoms with Crippen molar-refractivity contribution in [1.29, 1.82) is 0 Å². The van der Waals surface area contributed by atoms with Crippen LogP contribution in [-0.4, -0.2) is 35.1 Å². The number of hydrogen-bond donors (Lipinski definition) is 1. The summed E-state index contributed by atoms with van der Waals surface area (Å²) in [6.45, 7) is 1.36. The van der Waals surface area contributed by atoms with Gasteiger partial charge in [-0.1, -0.05) is 35.5 Å². The van der Waals surface area contributed by atoms with Crippen molar-refractivity contribution in [3.63, 3.8) is 0 Å². The molecule has 0 radical (unpaired) electrons. The fourth-order valence-corrected chi connectivity index (χ4v) is 2.38. The summed E-state index contributed by atoms with van der Waals surface area (Å²) in [6.07, 6.45) is 1.68. The summed E-state index contributed by atoms with van der Waals surface area (Å²) in [5.41, 5.74) is 7.47. The van der Waals surface area contributed by atoms with Gasteiger partial charge in [0, 0.05) is 30.8 Å². The number of carbonyl (C=O) groups is 1. The third-order valence-corrected chi connectivity index (χ3v) is 3.62. The quantitative estimate of drug-likeness (QED) is 0.924. The molecule has 0 atom stereocenters. The fraction of sp³-hybridized carbons (Fsp3) is 0.333. The highest BCUT2D eigenvalue weighted by atomic mass is 35.5. The number of piperidine rings is 1. The number of nitrogens with two attached hydrogens (primary N) is 1. The number of carbonyl (C=O) groups excluding carboxylic acids is 1. The molecule has 2 N–H and O–H groups in total. The lowest BCUT2D eigenvalue weighted by Gasteiger charge is -2.29. The number of hydrogen-bond acceptors (Lipinski definition) is 4. The van der Waals surface area contributed by atoms with Crippen LogP contribution >= 0.6 is 12.4 Å². The van der Waals surface area contributed by atoms with Crippen LogP contribution < -0.4 is 5.73 Å². The van der Waals surface area contributed by atoms with Crippen molar-refractivity contribution in [2.24, 2.45) is 5.73 Å². The second-order valence-electron chi connectivity index (χ2n) is 5.07. The summed E-state index contributed by atoms with van der Waals surface area (Å²) >= 11 is 0. The zero-order valence-corrected chi connectivity index (χ0v) is 12.4. The highest BCUT2D eigenvalue weighted by Gasteiger charge is 2.24. The molecule has 1 aliphatic heterocycles. The Hall–Kier alpha value is -1.85. The maximum Gasteiger partial charge on any atom is 0.292 e. The van der Waals surface area contributed by atoms with E-state index in [4.69, 9.17) is 10.3 Å². The number of amides is 1. The lowest BCUT2D eigenvalue weighted by atomic mass is 10.1. The second-order valence-corrected chi connectivity index (χ2v) is 5.07. The topological polar surface area (TPSA) is 72.4 Å². The van der Waals surface area contributed by atoms with Crippen LogP contribution in [0.5, 0.6) is 0 Å². The predicted octanol–water partition coefficient (Wildman–Crippen LogP) is 2.33. The van der Waals surface area contributed by atoms with E-state index in [2.05, 4.69) is 5.16 Å². The van der Waals surface area contributed by atoms with Gasteiger partial charge in [0.05, 0.1) is 0 Å². The molecule has 2 aromatic rings. The van der Waals surface area contributed by atoms with Gasteiger partial charge in [0.15, 0.2) is 0 Å². The van der Waals surface area contributed by atoms with Crippen molar-refractivity contribution in [1.82, 2.24) is 10.1 Å². The molecule has 1 saturated heterocycles. The summed E-state index contributed by atoms with van der Waals surface area (Å²) < 4.78 is 5.19. The molecule has 112 valence electrons. The Labute approximate surface area is 129 Å². The molecule has 2 heterocycles. The summed E-state index contributed by atoms with van der Waals surface area (Å²) in [7, 11) is 0. The number of likely N-dealkylation sites (tertiary alicyclic amines) is 1. The molecule has 0 unspecified atom stereocenters. The van der Waals surface area contributed by atoms with Gasteiger partial charge in [-0.2, -0.15) is 0 Å². The van der Waals surface area contributed by atoms with Gasteiger partial charge >= 0.3 is 0 Å². The van der Waals surface area contributed by atoms with E-state index < -0.39 is 0 Å². The standard InChI is InChI=1S/C15H17N3O2.ClH/c16-12-6-8-18(9-7-12)15(19)14-10-13(17-20-14)11-4-2-1-3-5-11;/h1-5,10,12H,6-9,16H2;1H. The third-order valence-electron chi connectivity index (χ3n) is 3.62. The number of benzene rings is 1. The minimum absolute atomic E-state index is 0. The van der Waals surface area contributed by atoms with Gasteiger partial charge in [-0.25, -0.2) is 0 Å². The van der Waals surface area contributed by atoms with Gasteiger partial charge in [0.25, 0.3) is 5.91 Å². The van der Waals surface area contributed by atoms with E-state index in [1.54, 1.807) is 11.0 Å². The lowest BCUT2D eigenvalue weighted by Crippen LogP contribution is -2.42. The van der Waals surface area contributed by atoms with Gasteiger partial charge in [-0.05, 0) is 12.8 Å². The van der Waals surface area contributed by atoms with Crippen LogP contribution in [0, 0.1) is 0 Å². The van der Waals surface area contributed by atoms with Crippen molar-refractivity contribution < 1.29 is 9.32 Å². The molecule has 0 spiro atoms. The Balaban J connectivity index is 0.00000161. The Kier molecular flexibility index (Phi) is 4.98. The van der Waals surface area contributed by atoms with Crippen molar-refractivity contribution in [2.45, 2.75) is 18.9 Å². The predicted molar refractivity (Wildman–Crippen MR) is 82.3 cm³/mol. The lowest BCUT2D eigenvalue weighted by molar-refractivity contribution is 0.0673. The second kappa shape index (κ2) is 6.74. The molecule has 0 saturated carbocycles. The Morgan fingerprint density at radius 3 is 2.57 bits per heavy atom. The first-order chi connectivity index (χ1) is 9.74. The first-order valence-corrected chi connectivity index (χ1v) is 6.81. The molecular formula is C15H18ClN3O2. The molecule has 1 aromatic heterocycles. The van der Waals surface area contributed by atoms with Crippen molar-refractivity contribution in [3.8, 4) is 11.3 Å². The molecule has 6 heteroatoms. The van der Waals surface area contributed by atoms with E-state index in [9.17, 15) is 4.79 Å². The van der Waals surface area contributed by atoms with Crippen molar-refractivity contribution in [3.05, 3.63) is 42.2 Å². The fourth-order valence-electron chi connectivity index (χ4n) is 2.38. The molecule has 5 nitrogen and oxygen atoms in total. The minimum atomic E-state index is -0.105. The molecule has 1 amide bonds. The van der Waals surface area contributed by atoms with Gasteiger partial charge in [-0.15, -0.1) is 12.4 Å². The van der Waals surface area contributed by atoms with Crippen LogP contribution in [0.4, 0.5) is 0 Å². The van der Waals surface area contributed by atoms with E-state index >= 15 is 0 Å². The van der Waals surface area contributed by atoms with Crippen LogP contribution in [0.1, 0.15) is 23.4 Å². The zero-order chi connectivity index (χ0) is 13.9. The molecular weight excluding hydrogens is 290 g/mol. The Morgan fingerprint density at radius 1 is 1.24 bits per heavy atom. The Morgan fingerprint density at radius 2 is 1.90 bits per heavy atom. The molecule has 0 aliphatic carbocycles. The highest BCUT2D eigenvalue weighted by Crippen LogP contribution is 2.20. The zero-order valence-electron chi connectivity index (χ0n) is 11.6. The third kappa shape index (κ3) is 3.43. The van der Waals surface area contributed by atoms with Gasteiger partial charge in [-0.3, -0.25) is 4.79 Å². The molecule has 1 aromatic carbocycles. The number of halogens is 1. The van der Waals surface area contributed by atoms with Crippen LogP contribution in [0.2, 0.25) is 0 Å². The largest absolute Gasteiger partial charge is 0.350 e. The maximum absolute atomic E-state index is 12.3. The molecule has 1 fully saturated rings. The summed E-state index contributed by atoms with van der Waals surface area (Å²) in [5, 5.41) is 3.97. The van der Waals surface area contributed by atoms with Crippen LogP contribution in [0.3, 0.4) is 0 Å². The summed E-state index contributed by atoms with van der Waals surface area (Å²) in [6, 6.07) is 11.6. The van der Waals surface area contributed by atoms with Crippen LogP contribution in [0.25, 0.3) is 11.3 Å². The van der Waals surface area contributed by atoms with Crippen LogP contribution in [0.15, 0.2) is 40.9 Å². The van der Waals surface area contributed by atoms with E-state index in [0.717, 1.165) is 18.4 Å². The van der Waals surface area contributed by atoms with Gasteiger partial charge in [0.2, 0.25) is 5.76 Å². The first-order valence-electron chi connectivity index (χ1n) is 6.81. The monoisotopic (exact) mass is 307 g/mol. The highest BCUT2D eigenvalue weighted by molar-refractivity contribution is 5.92. The van der Waals surface area contributed by atoms with E-state index in [1.807, 2.05) is 30.3 Å². The smallest absolute Gasteiger partial charge is 0.292 e. The average Bonchev–Trinajstić information content (AvgIpc) is 2.98. The first kappa shape index (κ1) is 15.5. The van der Waals surface area contributed by atoms with E-state index in [0.29, 0.717) is 24.5 Å². The summed E-state index contributed by atoms with van der Waals surface area (Å²) in [5.74, 6) is 0.186. The molecule has 3 rings (SSSR count). The van der Waals surface area contributed by atoms with Crippen LogP contribution in [-0.2, 0) is 0 Å². The molecule has 21 heavy (non-hydrogen) atoms. The minimum Gasteiger partial charge on any atom is -0.350 e. The summed E-state index contributed by atoms with van der Waals surface area (Å²) in [4.78, 5) is 14.1. The molecule has 1 aliphatic rings. The van der Waals surface area contributed by atoms with E-state index in [-0.39, 0.29) is 24.4 Å². The number of aromatic nitrogens is 1. The maximum atomic E-state index is 12.3. The van der Waals surface area contributed by atoms with Gasteiger partial charge in [0.1, 0.15) is 5.69 Å². The molecule has 0 bridgehead atoms. The van der Waals surface area contributed by atoms with Crippen molar-refractivity contribution >= 4 is 18.3 Å². The van der Waals surface area contributed by atoms with E-state index in [1.165, 1.54) is 0 Å². The Bertz CT molecular complexity index is 592. The van der Waals surface area contributed by atoms with Crippen molar-refractivity contribution in [2.75, 3.05) is 13.1 Å². The number of rotatable bonds is 2.